The van der Waals surface area contributed by atoms with Crippen molar-refractivity contribution in [3.05, 3.63) is 35.2 Å². The molecule has 0 unspecified atom stereocenters. The standard InChI is InChI=1S/C13H15N3OS.Na/c1-8(2)9-3-4-12(14-5-9)16-13(17)10-6-18-7-11(10)15-16;/h3-5,8,17H,6-7H2,1-2H3;/q;+1/p-1. The van der Waals surface area contributed by atoms with Crippen LogP contribution >= 0.6 is 11.8 Å². The first-order valence-corrected chi connectivity index (χ1v) is 7.14. The number of aromatic nitrogens is 3. The second-order valence-electron chi connectivity index (χ2n) is 4.74. The molecule has 0 bridgehead atoms. The van der Waals surface area contributed by atoms with Crippen LogP contribution in [0.4, 0.5) is 0 Å². The molecule has 2 aromatic rings. The van der Waals surface area contributed by atoms with Gasteiger partial charge in [0.25, 0.3) is 0 Å². The van der Waals surface area contributed by atoms with Crippen LogP contribution in [0.3, 0.4) is 0 Å². The number of rotatable bonds is 2. The maximum atomic E-state index is 12.1. The molecule has 4 nitrogen and oxygen atoms in total. The summed E-state index contributed by atoms with van der Waals surface area (Å²) in [7, 11) is 0. The van der Waals surface area contributed by atoms with E-state index in [4.69, 9.17) is 0 Å². The van der Waals surface area contributed by atoms with Gasteiger partial charge in [-0.3, -0.25) is 0 Å². The molecule has 3 heterocycles. The summed E-state index contributed by atoms with van der Waals surface area (Å²) in [6, 6.07) is 3.88. The number of hydrogen-bond donors (Lipinski definition) is 0. The summed E-state index contributed by atoms with van der Waals surface area (Å²) in [5, 5.41) is 16.5. The van der Waals surface area contributed by atoms with Gasteiger partial charge in [-0.1, -0.05) is 19.9 Å². The maximum absolute atomic E-state index is 12.1. The molecule has 0 N–H and O–H groups in total. The Kier molecular flexibility index (Phi) is 4.61. The van der Waals surface area contributed by atoms with Gasteiger partial charge in [-0.2, -0.15) is 16.9 Å². The summed E-state index contributed by atoms with van der Waals surface area (Å²) in [5.74, 6) is 2.65. The summed E-state index contributed by atoms with van der Waals surface area (Å²) in [6.45, 7) is 4.24. The van der Waals surface area contributed by atoms with Crippen molar-refractivity contribution >= 4 is 11.8 Å². The summed E-state index contributed by atoms with van der Waals surface area (Å²) >= 11 is 1.74. The molecule has 94 valence electrons. The van der Waals surface area contributed by atoms with Crippen LogP contribution in [-0.4, -0.2) is 14.8 Å². The van der Waals surface area contributed by atoms with Crippen molar-refractivity contribution in [2.45, 2.75) is 31.3 Å². The number of hydrogen-bond acceptors (Lipinski definition) is 4. The number of fused-ring (bicyclic) bond motifs is 1. The largest absolute Gasteiger partial charge is 1.00 e. The molecule has 1 aliphatic rings. The molecule has 0 fully saturated rings. The van der Waals surface area contributed by atoms with E-state index in [1.165, 1.54) is 10.2 Å². The zero-order chi connectivity index (χ0) is 12.7. The summed E-state index contributed by atoms with van der Waals surface area (Å²) in [6.07, 6.45) is 1.82. The van der Waals surface area contributed by atoms with E-state index < -0.39 is 0 Å². The summed E-state index contributed by atoms with van der Waals surface area (Å²) < 4.78 is 1.43. The fraction of sp³-hybridized carbons (Fsp3) is 0.385. The molecule has 0 saturated carbocycles. The van der Waals surface area contributed by atoms with E-state index in [0.29, 0.717) is 11.7 Å². The van der Waals surface area contributed by atoms with Crippen LogP contribution in [-0.2, 0) is 11.5 Å². The molecule has 0 radical (unpaired) electrons. The molecule has 0 saturated heterocycles. The Labute approximate surface area is 138 Å². The van der Waals surface area contributed by atoms with Crippen molar-refractivity contribution in [2.24, 2.45) is 0 Å². The molecule has 3 rings (SSSR count). The predicted molar refractivity (Wildman–Crippen MR) is 69.9 cm³/mol. The Morgan fingerprint density at radius 2 is 2.11 bits per heavy atom. The van der Waals surface area contributed by atoms with E-state index in [-0.39, 0.29) is 35.4 Å². The molecular formula is C13H14N3NaOS. The second kappa shape index (κ2) is 5.87. The summed E-state index contributed by atoms with van der Waals surface area (Å²) in [4.78, 5) is 4.34. The van der Waals surface area contributed by atoms with E-state index in [2.05, 4.69) is 23.9 Å². The molecule has 0 aliphatic carbocycles. The van der Waals surface area contributed by atoms with Gasteiger partial charge in [-0.05, 0) is 29.0 Å². The van der Waals surface area contributed by atoms with Crippen molar-refractivity contribution in [3.63, 3.8) is 0 Å². The molecule has 0 aromatic carbocycles. The number of pyridine rings is 1. The van der Waals surface area contributed by atoms with Gasteiger partial charge < -0.3 is 5.11 Å². The van der Waals surface area contributed by atoms with Crippen molar-refractivity contribution in [2.75, 3.05) is 0 Å². The first-order chi connectivity index (χ1) is 8.66. The normalized spacial score (nSPS) is 13.4. The Hall–Kier alpha value is -0.490. The van der Waals surface area contributed by atoms with Crippen LogP contribution in [0.5, 0.6) is 5.88 Å². The van der Waals surface area contributed by atoms with Gasteiger partial charge in [0.05, 0.1) is 5.69 Å². The molecular weight excluding hydrogens is 269 g/mol. The Morgan fingerprint density at radius 1 is 1.32 bits per heavy atom. The quantitative estimate of drug-likeness (QED) is 0.678. The van der Waals surface area contributed by atoms with Gasteiger partial charge in [0.1, 0.15) is 0 Å². The van der Waals surface area contributed by atoms with Crippen molar-refractivity contribution in [1.29, 1.82) is 0 Å². The second-order valence-corrected chi connectivity index (χ2v) is 5.73. The molecule has 1 aliphatic heterocycles. The minimum atomic E-state index is -0.0141. The van der Waals surface area contributed by atoms with Gasteiger partial charge in [0.15, 0.2) is 5.82 Å². The third-order valence-electron chi connectivity index (χ3n) is 3.16. The molecule has 19 heavy (non-hydrogen) atoms. The topological polar surface area (TPSA) is 53.8 Å². The van der Waals surface area contributed by atoms with Gasteiger partial charge in [-0.15, -0.1) is 0 Å². The zero-order valence-electron chi connectivity index (χ0n) is 11.4. The third-order valence-corrected chi connectivity index (χ3v) is 4.13. The van der Waals surface area contributed by atoms with Crippen LogP contribution < -0.4 is 34.7 Å². The van der Waals surface area contributed by atoms with Crippen LogP contribution in [0.1, 0.15) is 36.6 Å². The van der Waals surface area contributed by atoms with E-state index >= 15 is 0 Å². The van der Waals surface area contributed by atoms with E-state index in [1.54, 1.807) is 11.8 Å². The van der Waals surface area contributed by atoms with E-state index in [0.717, 1.165) is 22.8 Å². The van der Waals surface area contributed by atoms with Crippen molar-refractivity contribution in [3.8, 4) is 11.7 Å². The minimum Gasteiger partial charge on any atom is -0.858 e. The van der Waals surface area contributed by atoms with Gasteiger partial charge >= 0.3 is 29.6 Å². The molecule has 0 amide bonds. The first kappa shape index (κ1) is 14.9. The van der Waals surface area contributed by atoms with Crippen LogP contribution in [0.2, 0.25) is 0 Å². The van der Waals surface area contributed by atoms with Crippen LogP contribution in [0, 0.1) is 0 Å². The molecule has 6 heteroatoms. The van der Waals surface area contributed by atoms with Crippen LogP contribution in [0.15, 0.2) is 18.3 Å². The van der Waals surface area contributed by atoms with Crippen molar-refractivity contribution in [1.82, 2.24) is 14.8 Å². The third kappa shape index (κ3) is 2.70. The van der Waals surface area contributed by atoms with Crippen molar-refractivity contribution < 1.29 is 34.7 Å². The average Bonchev–Trinajstić information content (AvgIpc) is 2.93. The Bertz CT molecular complexity index is 580. The smallest absolute Gasteiger partial charge is 0.858 e. The Morgan fingerprint density at radius 3 is 2.68 bits per heavy atom. The fourth-order valence-electron chi connectivity index (χ4n) is 2.01. The monoisotopic (exact) mass is 283 g/mol. The van der Waals surface area contributed by atoms with Gasteiger partial charge in [0.2, 0.25) is 0 Å². The number of nitrogens with zero attached hydrogens (tertiary/aromatic N) is 3. The average molecular weight is 283 g/mol. The van der Waals surface area contributed by atoms with E-state index in [9.17, 15) is 5.11 Å². The minimum absolute atomic E-state index is 0. The molecule has 2 aromatic heterocycles. The van der Waals surface area contributed by atoms with Gasteiger partial charge in [-0.25, -0.2) is 9.67 Å². The summed E-state index contributed by atoms with van der Waals surface area (Å²) in [5.41, 5.74) is 2.93. The predicted octanol–water partition coefficient (Wildman–Crippen LogP) is -0.785. The molecule has 0 spiro atoms. The zero-order valence-corrected chi connectivity index (χ0v) is 14.2. The molecule has 0 atom stereocenters. The SMILES string of the molecule is CC(C)c1ccc(-n2nc3c(c2[O-])CSC3)nc1.[Na+]. The van der Waals surface area contributed by atoms with Gasteiger partial charge in [0, 0.05) is 17.7 Å². The Balaban J connectivity index is 0.00000133. The van der Waals surface area contributed by atoms with E-state index in [1.807, 2.05) is 18.3 Å². The van der Waals surface area contributed by atoms with Crippen LogP contribution in [0.25, 0.3) is 5.82 Å². The maximum Gasteiger partial charge on any atom is 1.00 e. The first-order valence-electron chi connectivity index (χ1n) is 5.98. The number of thioether (sulfide) groups is 1. The fourth-order valence-corrected chi connectivity index (χ4v) is 3.03.